The fourth-order valence-electron chi connectivity index (χ4n) is 2.75. The second kappa shape index (κ2) is 8.38. The molecule has 1 aliphatic carbocycles. The summed E-state index contributed by atoms with van der Waals surface area (Å²) >= 11 is 0. The van der Waals surface area contributed by atoms with Crippen molar-refractivity contribution >= 4 is 23.4 Å². The summed E-state index contributed by atoms with van der Waals surface area (Å²) in [6, 6.07) is 6.48. The first kappa shape index (κ1) is 17.1. The predicted octanol–water partition coefficient (Wildman–Crippen LogP) is 2.00. The van der Waals surface area contributed by atoms with Crippen LogP contribution in [0.4, 0.5) is 16.2 Å². The molecule has 1 unspecified atom stereocenters. The zero-order valence-electron chi connectivity index (χ0n) is 12.9. The summed E-state index contributed by atoms with van der Waals surface area (Å²) in [4.78, 5) is 22.7. The number of carbonyl (C=O) groups is 2. The molecule has 0 aliphatic heterocycles. The summed E-state index contributed by atoms with van der Waals surface area (Å²) in [5, 5.41) is 25.9. The van der Waals surface area contributed by atoms with Crippen LogP contribution < -0.4 is 16.0 Å². The number of para-hydroxylation sites is 2. The number of nitrogens with one attached hydrogen (secondary N) is 3. The van der Waals surface area contributed by atoms with Gasteiger partial charge in [-0.15, -0.1) is 0 Å². The van der Waals surface area contributed by atoms with Crippen molar-refractivity contribution in [2.45, 2.75) is 44.2 Å². The van der Waals surface area contributed by atoms with Crippen LogP contribution in [-0.4, -0.2) is 40.9 Å². The van der Waals surface area contributed by atoms with Crippen molar-refractivity contribution in [2.75, 3.05) is 17.2 Å². The van der Waals surface area contributed by atoms with E-state index in [9.17, 15) is 9.59 Å². The van der Waals surface area contributed by atoms with Gasteiger partial charge in [-0.05, 0) is 25.0 Å². The molecule has 0 aromatic heterocycles. The fraction of sp³-hybridized carbons (Fsp3) is 0.500. The van der Waals surface area contributed by atoms with E-state index in [0.29, 0.717) is 11.7 Å². The Morgan fingerprint density at radius 1 is 1.13 bits per heavy atom. The van der Waals surface area contributed by atoms with Crippen molar-refractivity contribution < 1.29 is 19.8 Å². The smallest absolute Gasteiger partial charge is 0.405 e. The van der Waals surface area contributed by atoms with Crippen LogP contribution in [0.5, 0.6) is 0 Å². The Morgan fingerprint density at radius 3 is 2.39 bits per heavy atom. The maximum atomic E-state index is 12.1. The first-order valence-electron chi connectivity index (χ1n) is 7.87. The average Bonchev–Trinajstić information content (AvgIpc) is 2.55. The van der Waals surface area contributed by atoms with Crippen LogP contribution in [0.1, 0.15) is 32.1 Å². The van der Waals surface area contributed by atoms with Crippen molar-refractivity contribution in [1.29, 1.82) is 0 Å². The summed E-state index contributed by atoms with van der Waals surface area (Å²) in [6.45, 7) is -0.601. The van der Waals surface area contributed by atoms with Gasteiger partial charge in [-0.3, -0.25) is 4.79 Å². The van der Waals surface area contributed by atoms with E-state index in [1.165, 1.54) is 19.3 Å². The number of carbonyl (C=O) groups excluding carboxylic acids is 1. The molecule has 2 amide bonds. The number of aliphatic hydroxyl groups is 1. The van der Waals surface area contributed by atoms with Crippen LogP contribution >= 0.6 is 0 Å². The van der Waals surface area contributed by atoms with E-state index in [4.69, 9.17) is 10.2 Å². The van der Waals surface area contributed by atoms with Crippen LogP contribution in [0.25, 0.3) is 0 Å². The number of aliphatic hydroxyl groups excluding tert-OH is 1. The standard InChI is InChI=1S/C16H23N3O4/c20-10-14(19-16(22)23)15(21)18-13-9-5-4-8-12(13)17-11-6-2-1-3-7-11/h4-5,8-9,11,14,17,19-20H,1-3,6-7,10H2,(H,18,21)(H,22,23). The highest BCUT2D eigenvalue weighted by Gasteiger charge is 2.21. The molecule has 1 aromatic rings. The summed E-state index contributed by atoms with van der Waals surface area (Å²) in [5.74, 6) is -0.590. The molecule has 23 heavy (non-hydrogen) atoms. The lowest BCUT2D eigenvalue weighted by Gasteiger charge is -2.25. The van der Waals surface area contributed by atoms with Crippen molar-refractivity contribution in [3.8, 4) is 0 Å². The van der Waals surface area contributed by atoms with Crippen molar-refractivity contribution in [2.24, 2.45) is 0 Å². The molecular formula is C16H23N3O4. The summed E-state index contributed by atoms with van der Waals surface area (Å²) in [7, 11) is 0. The van der Waals surface area contributed by atoms with Crippen LogP contribution in [0.2, 0.25) is 0 Å². The Kier molecular flexibility index (Phi) is 6.22. The minimum absolute atomic E-state index is 0.382. The lowest BCUT2D eigenvalue weighted by atomic mass is 9.95. The van der Waals surface area contributed by atoms with Gasteiger partial charge in [0.05, 0.1) is 18.0 Å². The number of hydrogen-bond donors (Lipinski definition) is 5. The molecule has 0 bridgehead atoms. The quantitative estimate of drug-likeness (QED) is 0.550. The molecular weight excluding hydrogens is 298 g/mol. The van der Waals surface area contributed by atoms with E-state index < -0.39 is 24.6 Å². The van der Waals surface area contributed by atoms with Crippen LogP contribution in [0, 0.1) is 0 Å². The number of benzene rings is 1. The second-order valence-electron chi connectivity index (χ2n) is 5.70. The van der Waals surface area contributed by atoms with E-state index in [0.717, 1.165) is 18.5 Å². The maximum Gasteiger partial charge on any atom is 0.405 e. The van der Waals surface area contributed by atoms with E-state index in [2.05, 4.69) is 10.6 Å². The fourth-order valence-corrected chi connectivity index (χ4v) is 2.75. The highest BCUT2D eigenvalue weighted by atomic mass is 16.4. The molecule has 7 heteroatoms. The Morgan fingerprint density at radius 2 is 1.78 bits per heavy atom. The molecule has 0 heterocycles. The molecule has 1 aromatic carbocycles. The first-order chi connectivity index (χ1) is 11.1. The molecule has 7 nitrogen and oxygen atoms in total. The highest BCUT2D eigenvalue weighted by Crippen LogP contribution is 2.26. The van der Waals surface area contributed by atoms with E-state index in [1.807, 2.05) is 17.4 Å². The van der Waals surface area contributed by atoms with Gasteiger partial charge in [0.1, 0.15) is 6.04 Å². The second-order valence-corrected chi connectivity index (χ2v) is 5.70. The van der Waals surface area contributed by atoms with Crippen LogP contribution in [0.3, 0.4) is 0 Å². The molecule has 0 saturated heterocycles. The molecule has 1 saturated carbocycles. The van der Waals surface area contributed by atoms with Gasteiger partial charge in [-0.1, -0.05) is 31.4 Å². The van der Waals surface area contributed by atoms with Gasteiger partial charge in [0.15, 0.2) is 0 Å². The van der Waals surface area contributed by atoms with E-state index >= 15 is 0 Å². The molecule has 1 fully saturated rings. The Bertz CT molecular complexity index is 544. The molecule has 1 aliphatic rings. The number of rotatable bonds is 6. The van der Waals surface area contributed by atoms with Gasteiger partial charge < -0.3 is 26.2 Å². The minimum atomic E-state index is -1.35. The molecule has 0 radical (unpaired) electrons. The van der Waals surface area contributed by atoms with E-state index in [1.54, 1.807) is 12.1 Å². The molecule has 126 valence electrons. The zero-order valence-corrected chi connectivity index (χ0v) is 12.9. The SMILES string of the molecule is O=C(O)NC(CO)C(=O)Nc1ccccc1NC1CCCCC1. The van der Waals surface area contributed by atoms with Gasteiger partial charge in [-0.25, -0.2) is 4.79 Å². The molecule has 0 spiro atoms. The molecule has 5 N–H and O–H groups in total. The van der Waals surface area contributed by atoms with Crippen molar-refractivity contribution in [3.05, 3.63) is 24.3 Å². The maximum absolute atomic E-state index is 12.1. The summed E-state index contributed by atoms with van der Waals surface area (Å²) < 4.78 is 0. The highest BCUT2D eigenvalue weighted by molar-refractivity contribution is 5.99. The average molecular weight is 321 g/mol. The van der Waals surface area contributed by atoms with Gasteiger partial charge in [-0.2, -0.15) is 0 Å². The normalized spacial score (nSPS) is 16.4. The topological polar surface area (TPSA) is 111 Å². The van der Waals surface area contributed by atoms with Gasteiger partial charge in [0.2, 0.25) is 5.91 Å². The van der Waals surface area contributed by atoms with Gasteiger partial charge in [0, 0.05) is 6.04 Å². The Hall–Kier alpha value is -2.28. The predicted molar refractivity (Wildman–Crippen MR) is 87.6 cm³/mol. The first-order valence-corrected chi connectivity index (χ1v) is 7.87. The van der Waals surface area contributed by atoms with Crippen LogP contribution in [-0.2, 0) is 4.79 Å². The van der Waals surface area contributed by atoms with E-state index in [-0.39, 0.29) is 0 Å². The van der Waals surface area contributed by atoms with Crippen molar-refractivity contribution in [3.63, 3.8) is 0 Å². The van der Waals surface area contributed by atoms with Crippen LogP contribution in [0.15, 0.2) is 24.3 Å². The number of carboxylic acid groups (broad SMARTS) is 1. The third-order valence-electron chi connectivity index (χ3n) is 3.95. The lowest BCUT2D eigenvalue weighted by Crippen LogP contribution is -2.45. The third-order valence-corrected chi connectivity index (χ3v) is 3.95. The minimum Gasteiger partial charge on any atom is -0.465 e. The molecule has 2 rings (SSSR count). The Labute approximate surface area is 135 Å². The number of anilines is 2. The number of amides is 2. The summed E-state index contributed by atoms with van der Waals surface area (Å²) in [6.07, 6.45) is 4.50. The Balaban J connectivity index is 2.04. The summed E-state index contributed by atoms with van der Waals surface area (Å²) in [5.41, 5.74) is 1.38. The third kappa shape index (κ3) is 5.14. The molecule has 1 atom stereocenters. The lowest BCUT2D eigenvalue weighted by molar-refractivity contribution is -0.118. The largest absolute Gasteiger partial charge is 0.465 e. The number of hydrogen-bond acceptors (Lipinski definition) is 4. The van der Waals surface area contributed by atoms with Gasteiger partial charge >= 0.3 is 6.09 Å². The monoisotopic (exact) mass is 321 g/mol. The zero-order chi connectivity index (χ0) is 16.7. The van der Waals surface area contributed by atoms with Gasteiger partial charge in [0.25, 0.3) is 0 Å². The van der Waals surface area contributed by atoms with Crippen molar-refractivity contribution in [1.82, 2.24) is 5.32 Å².